The summed E-state index contributed by atoms with van der Waals surface area (Å²) < 4.78 is 5.53. The molecular formula is C19H33ClN6O3. The molecule has 0 aliphatic carbocycles. The number of hydrogen-bond donors (Lipinski definition) is 5. The van der Waals surface area contributed by atoms with E-state index in [1.165, 1.54) is 0 Å². The predicted molar refractivity (Wildman–Crippen MR) is 118 cm³/mol. The second-order valence-corrected chi connectivity index (χ2v) is 6.33. The summed E-state index contributed by atoms with van der Waals surface area (Å²) in [5, 5.41) is 15.1. The van der Waals surface area contributed by atoms with Crippen LogP contribution in [0, 0.1) is 0 Å². The van der Waals surface area contributed by atoms with Gasteiger partial charge in [0.15, 0.2) is 5.96 Å². The summed E-state index contributed by atoms with van der Waals surface area (Å²) >= 11 is 0. The molecule has 0 saturated heterocycles. The number of guanidine groups is 1. The Morgan fingerprint density at radius 1 is 1.07 bits per heavy atom. The largest absolute Gasteiger partial charge is 0.494 e. The summed E-state index contributed by atoms with van der Waals surface area (Å²) in [7, 11) is 0. The molecule has 8 N–H and O–H groups in total. The first-order chi connectivity index (χ1) is 13.6. The van der Waals surface area contributed by atoms with E-state index in [2.05, 4.69) is 15.5 Å². The Kier molecular flexibility index (Phi) is 15.0. The van der Waals surface area contributed by atoms with E-state index in [1.54, 1.807) is 0 Å². The van der Waals surface area contributed by atoms with E-state index >= 15 is 0 Å². The van der Waals surface area contributed by atoms with E-state index < -0.39 is 0 Å². The summed E-state index contributed by atoms with van der Waals surface area (Å²) in [6.07, 6.45) is 4.70. The van der Waals surface area contributed by atoms with Crippen molar-refractivity contribution in [1.29, 1.82) is 0 Å². The summed E-state index contributed by atoms with van der Waals surface area (Å²) in [6, 6.07) is 7.32. The Morgan fingerprint density at radius 3 is 2.38 bits per heavy atom. The van der Waals surface area contributed by atoms with Gasteiger partial charge in [0.2, 0.25) is 0 Å². The predicted octanol–water partition coefficient (Wildman–Crippen LogP) is 1.16. The fourth-order valence-corrected chi connectivity index (χ4v) is 2.43. The van der Waals surface area contributed by atoms with E-state index in [1.807, 2.05) is 24.3 Å². The van der Waals surface area contributed by atoms with Gasteiger partial charge in [0.05, 0.1) is 6.61 Å². The van der Waals surface area contributed by atoms with Crippen molar-refractivity contribution >= 4 is 30.0 Å². The van der Waals surface area contributed by atoms with Crippen LogP contribution >= 0.6 is 12.4 Å². The van der Waals surface area contributed by atoms with Crippen LogP contribution in [0.2, 0.25) is 0 Å². The highest BCUT2D eigenvalue weighted by molar-refractivity contribution is 6.39. The van der Waals surface area contributed by atoms with Gasteiger partial charge >= 0.3 is 0 Å². The normalized spacial score (nSPS) is 10.7. The molecule has 164 valence electrons. The lowest BCUT2D eigenvalue weighted by Gasteiger charge is -2.08. The monoisotopic (exact) mass is 428 g/mol. The molecule has 0 unspecified atom stereocenters. The molecule has 1 aromatic rings. The van der Waals surface area contributed by atoms with Crippen LogP contribution in [-0.2, 0) is 11.2 Å². The number of rotatable bonds is 14. The molecule has 0 radical (unpaired) electrons. The van der Waals surface area contributed by atoms with E-state index in [9.17, 15) is 4.79 Å². The maximum Gasteiger partial charge on any atom is 0.269 e. The third-order valence-electron chi connectivity index (χ3n) is 3.96. The standard InChI is InChI=1S/C19H32N6O3.ClH/c20-10-5-13-28-16-8-6-15(7-9-16)14-17(25-27)18(26)23-11-3-1-2-4-12-24-19(21)22;/h6-9,27H,1-5,10-14,20H2,(H,23,26)(H4,21,22,24);1H/b25-17+;. The lowest BCUT2D eigenvalue weighted by Crippen LogP contribution is -2.33. The van der Waals surface area contributed by atoms with Gasteiger partial charge < -0.3 is 32.5 Å². The molecule has 1 rings (SSSR count). The minimum absolute atomic E-state index is 0. The van der Waals surface area contributed by atoms with Crippen LogP contribution in [0.1, 0.15) is 37.7 Å². The zero-order chi connectivity index (χ0) is 20.6. The molecule has 9 nitrogen and oxygen atoms in total. The Balaban J connectivity index is 0.00000784. The van der Waals surface area contributed by atoms with Crippen molar-refractivity contribution in [1.82, 2.24) is 5.32 Å². The molecule has 0 fully saturated rings. The van der Waals surface area contributed by atoms with Gasteiger partial charge in [-0.2, -0.15) is 0 Å². The molecule has 0 heterocycles. The first-order valence-electron chi connectivity index (χ1n) is 9.53. The van der Waals surface area contributed by atoms with Gasteiger partial charge in [-0.3, -0.25) is 9.79 Å². The topological polar surface area (TPSA) is 161 Å². The van der Waals surface area contributed by atoms with Crippen LogP contribution < -0.4 is 27.3 Å². The Labute approximate surface area is 178 Å². The van der Waals surface area contributed by atoms with Crippen LogP contribution in [0.4, 0.5) is 0 Å². The van der Waals surface area contributed by atoms with E-state index in [0.717, 1.165) is 43.4 Å². The number of oxime groups is 1. The molecule has 0 aliphatic heterocycles. The smallest absolute Gasteiger partial charge is 0.269 e. The van der Waals surface area contributed by atoms with Crippen molar-refractivity contribution in [2.75, 3.05) is 26.2 Å². The summed E-state index contributed by atoms with van der Waals surface area (Å²) in [5.41, 5.74) is 16.9. The third kappa shape index (κ3) is 12.5. The molecule has 0 saturated carbocycles. The Morgan fingerprint density at radius 2 is 1.76 bits per heavy atom. The molecule has 0 bridgehead atoms. The first kappa shape index (κ1) is 26.5. The van der Waals surface area contributed by atoms with Crippen molar-refractivity contribution in [3.05, 3.63) is 29.8 Å². The van der Waals surface area contributed by atoms with Gasteiger partial charge in [0.1, 0.15) is 11.5 Å². The molecule has 1 amide bonds. The molecular weight excluding hydrogens is 396 g/mol. The first-order valence-corrected chi connectivity index (χ1v) is 9.53. The Bertz CT molecular complexity index is 633. The zero-order valence-electron chi connectivity index (χ0n) is 16.7. The van der Waals surface area contributed by atoms with Crippen molar-refractivity contribution in [3.63, 3.8) is 0 Å². The average molecular weight is 429 g/mol. The van der Waals surface area contributed by atoms with Crippen molar-refractivity contribution in [2.24, 2.45) is 27.3 Å². The second-order valence-electron chi connectivity index (χ2n) is 6.33. The van der Waals surface area contributed by atoms with Gasteiger partial charge in [-0.1, -0.05) is 30.1 Å². The number of nitrogens with one attached hydrogen (secondary N) is 1. The van der Waals surface area contributed by atoms with Gasteiger partial charge in [-0.15, -0.1) is 12.4 Å². The molecule has 1 aromatic carbocycles. The SMILES string of the molecule is Cl.NCCCOc1ccc(C/C(=N\O)C(=O)NCCCCCCN=C(N)N)cc1. The highest BCUT2D eigenvalue weighted by atomic mass is 35.5. The number of carbonyl (C=O) groups is 1. The number of unbranched alkanes of at least 4 members (excludes halogenated alkanes) is 3. The second kappa shape index (κ2) is 16.4. The van der Waals surface area contributed by atoms with Crippen molar-refractivity contribution in [2.45, 2.75) is 38.5 Å². The lowest BCUT2D eigenvalue weighted by atomic mass is 10.1. The van der Waals surface area contributed by atoms with Crippen molar-refractivity contribution < 1.29 is 14.7 Å². The number of nitrogens with zero attached hydrogens (tertiary/aromatic N) is 2. The van der Waals surface area contributed by atoms with Crippen LogP contribution in [-0.4, -0.2) is 49.0 Å². The number of nitrogens with two attached hydrogens (primary N) is 3. The number of ether oxygens (including phenoxy) is 1. The van der Waals surface area contributed by atoms with Crippen LogP contribution in [0.5, 0.6) is 5.75 Å². The van der Waals surface area contributed by atoms with E-state index in [-0.39, 0.29) is 36.4 Å². The van der Waals surface area contributed by atoms with E-state index in [4.69, 9.17) is 27.1 Å². The molecule has 10 heteroatoms. The number of hydrogen-bond acceptors (Lipinski definition) is 6. The maximum absolute atomic E-state index is 12.1. The summed E-state index contributed by atoms with van der Waals surface area (Å²) in [4.78, 5) is 16.1. The fourth-order valence-electron chi connectivity index (χ4n) is 2.43. The summed E-state index contributed by atoms with van der Waals surface area (Å²) in [6.45, 7) is 2.29. The van der Waals surface area contributed by atoms with Gasteiger partial charge in [-0.25, -0.2) is 0 Å². The van der Waals surface area contributed by atoms with Gasteiger partial charge in [-0.05, 0) is 43.5 Å². The molecule has 0 aliphatic rings. The van der Waals surface area contributed by atoms with Crippen LogP contribution in [0.15, 0.2) is 34.4 Å². The molecule has 0 atom stereocenters. The number of amides is 1. The van der Waals surface area contributed by atoms with E-state index in [0.29, 0.717) is 26.2 Å². The minimum Gasteiger partial charge on any atom is -0.494 e. The number of aliphatic imine (C=N–C) groups is 1. The van der Waals surface area contributed by atoms with Crippen LogP contribution in [0.25, 0.3) is 0 Å². The third-order valence-corrected chi connectivity index (χ3v) is 3.96. The lowest BCUT2D eigenvalue weighted by molar-refractivity contribution is -0.115. The Hall–Kier alpha value is -2.52. The zero-order valence-corrected chi connectivity index (χ0v) is 17.5. The quantitative estimate of drug-likeness (QED) is 0.0981. The summed E-state index contributed by atoms with van der Waals surface area (Å²) in [5.74, 6) is 0.479. The van der Waals surface area contributed by atoms with Crippen molar-refractivity contribution in [3.8, 4) is 5.75 Å². The highest BCUT2D eigenvalue weighted by Crippen LogP contribution is 2.13. The van der Waals surface area contributed by atoms with Gasteiger partial charge in [0.25, 0.3) is 5.91 Å². The van der Waals surface area contributed by atoms with Crippen LogP contribution in [0.3, 0.4) is 0 Å². The molecule has 0 spiro atoms. The number of benzene rings is 1. The maximum atomic E-state index is 12.1. The fraction of sp³-hybridized carbons (Fsp3) is 0.526. The molecule has 0 aromatic heterocycles. The number of halogens is 1. The minimum atomic E-state index is -0.369. The molecule has 29 heavy (non-hydrogen) atoms. The number of carbonyl (C=O) groups excluding carboxylic acids is 1. The van der Waals surface area contributed by atoms with Gasteiger partial charge in [0, 0.05) is 19.5 Å². The highest BCUT2D eigenvalue weighted by Gasteiger charge is 2.12. The average Bonchev–Trinajstić information content (AvgIpc) is 2.69.